The lowest BCUT2D eigenvalue weighted by atomic mass is 10.1. The summed E-state index contributed by atoms with van der Waals surface area (Å²) in [6.45, 7) is 0.744. The molecule has 7 nitrogen and oxygen atoms in total. The highest BCUT2D eigenvalue weighted by Gasteiger charge is 2.31. The van der Waals surface area contributed by atoms with Gasteiger partial charge in [-0.2, -0.15) is 9.78 Å². The zero-order valence-corrected chi connectivity index (χ0v) is 16.6. The number of nitrogens with zero attached hydrogens (tertiary/aromatic N) is 3. The number of hydrogen-bond donors (Lipinski definition) is 0. The zero-order valence-electron chi connectivity index (χ0n) is 15.8. The van der Waals surface area contributed by atoms with Gasteiger partial charge < -0.3 is 9.64 Å². The lowest BCUT2D eigenvalue weighted by Gasteiger charge is -2.31. The van der Waals surface area contributed by atoms with Crippen LogP contribution in [0, 0.1) is 0 Å². The van der Waals surface area contributed by atoms with Gasteiger partial charge in [-0.1, -0.05) is 36.4 Å². The average Bonchev–Trinajstić information content (AvgIpc) is 2.79. The van der Waals surface area contributed by atoms with E-state index in [0.717, 1.165) is 0 Å². The predicted octanol–water partition coefficient (Wildman–Crippen LogP) is 2.12. The maximum Gasteiger partial charge on any atom is 0.320 e. The molecule has 1 atom stereocenters. The molecule has 1 fully saturated rings. The van der Waals surface area contributed by atoms with Crippen molar-refractivity contribution in [3.8, 4) is 5.69 Å². The van der Waals surface area contributed by atoms with Crippen LogP contribution in [0.4, 0.5) is 0 Å². The number of hydrogen-bond acceptors (Lipinski definition) is 6. The molecular weight excluding hydrogens is 390 g/mol. The Balaban J connectivity index is 1.81. The van der Waals surface area contributed by atoms with E-state index in [-0.39, 0.29) is 29.7 Å². The standard InChI is InChI=1S/C21H19N3O4S/c1-28-21(27)17-13-23(11-12-29-17)20(26)18-15-9-5-6-10-16(15)19(25)24(22-18)14-7-3-2-4-8-14/h2-10,17H,11-13H2,1H3/t17-/m1/s1. The SMILES string of the molecule is COC(=O)[C@H]1CN(C(=O)c2nn(-c3ccccc3)c(=O)c3ccccc23)CCS1. The number of thioether (sulfide) groups is 1. The lowest BCUT2D eigenvalue weighted by Crippen LogP contribution is -2.45. The quantitative estimate of drug-likeness (QED) is 0.617. The Labute approximate surface area is 171 Å². The summed E-state index contributed by atoms with van der Waals surface area (Å²) in [7, 11) is 1.34. The first-order valence-electron chi connectivity index (χ1n) is 9.16. The molecule has 1 aliphatic heterocycles. The lowest BCUT2D eigenvalue weighted by molar-refractivity contribution is -0.140. The normalized spacial score (nSPS) is 16.6. The Hall–Kier alpha value is -3.13. The van der Waals surface area contributed by atoms with Gasteiger partial charge in [0.05, 0.1) is 18.2 Å². The number of esters is 1. The molecule has 3 aromatic rings. The first-order valence-corrected chi connectivity index (χ1v) is 10.2. The fourth-order valence-electron chi connectivity index (χ4n) is 3.35. The van der Waals surface area contributed by atoms with E-state index in [0.29, 0.717) is 28.8 Å². The minimum atomic E-state index is -0.427. The second kappa shape index (κ2) is 8.08. The van der Waals surface area contributed by atoms with Crippen molar-refractivity contribution in [2.45, 2.75) is 5.25 Å². The van der Waals surface area contributed by atoms with Crippen LogP contribution in [-0.2, 0) is 9.53 Å². The summed E-state index contributed by atoms with van der Waals surface area (Å²) in [4.78, 5) is 39.9. The molecule has 29 heavy (non-hydrogen) atoms. The van der Waals surface area contributed by atoms with E-state index in [2.05, 4.69) is 5.10 Å². The van der Waals surface area contributed by atoms with Crippen LogP contribution in [-0.4, -0.2) is 57.8 Å². The number of amides is 1. The molecule has 2 heterocycles. The van der Waals surface area contributed by atoms with Crippen LogP contribution in [0.1, 0.15) is 10.5 Å². The third-order valence-electron chi connectivity index (χ3n) is 4.83. The molecule has 8 heteroatoms. The van der Waals surface area contributed by atoms with Gasteiger partial charge in [0.2, 0.25) is 0 Å². The fraction of sp³-hybridized carbons (Fsp3) is 0.238. The van der Waals surface area contributed by atoms with E-state index in [1.165, 1.54) is 23.6 Å². The molecule has 148 valence electrons. The molecule has 4 rings (SSSR count). The molecule has 1 aromatic heterocycles. The number of fused-ring (bicyclic) bond motifs is 1. The van der Waals surface area contributed by atoms with Gasteiger partial charge in [-0.3, -0.25) is 14.4 Å². The van der Waals surface area contributed by atoms with Gasteiger partial charge in [-0.15, -0.1) is 11.8 Å². The molecule has 0 aliphatic carbocycles. The molecule has 0 radical (unpaired) electrons. The van der Waals surface area contributed by atoms with E-state index in [4.69, 9.17) is 4.74 Å². The summed E-state index contributed by atoms with van der Waals surface area (Å²) < 4.78 is 6.08. The second-order valence-corrected chi connectivity index (χ2v) is 7.89. The Kier molecular flexibility index (Phi) is 5.35. The van der Waals surface area contributed by atoms with Crippen molar-refractivity contribution in [3.05, 3.63) is 70.6 Å². The van der Waals surface area contributed by atoms with Crippen molar-refractivity contribution in [2.75, 3.05) is 26.0 Å². The first-order chi connectivity index (χ1) is 14.1. The van der Waals surface area contributed by atoms with E-state index < -0.39 is 5.25 Å². The van der Waals surface area contributed by atoms with E-state index in [9.17, 15) is 14.4 Å². The number of para-hydroxylation sites is 1. The molecular formula is C21H19N3O4S. The topological polar surface area (TPSA) is 81.5 Å². The van der Waals surface area contributed by atoms with Crippen molar-refractivity contribution in [1.82, 2.24) is 14.7 Å². The molecule has 0 unspecified atom stereocenters. The van der Waals surface area contributed by atoms with Crippen LogP contribution in [0.25, 0.3) is 16.5 Å². The van der Waals surface area contributed by atoms with Gasteiger partial charge in [0.25, 0.3) is 11.5 Å². The molecule has 0 saturated carbocycles. The zero-order chi connectivity index (χ0) is 20.4. The Morgan fingerprint density at radius 3 is 2.48 bits per heavy atom. The molecule has 1 saturated heterocycles. The van der Waals surface area contributed by atoms with Gasteiger partial charge in [0.15, 0.2) is 5.69 Å². The maximum atomic E-state index is 13.4. The largest absolute Gasteiger partial charge is 0.468 e. The van der Waals surface area contributed by atoms with Crippen LogP contribution < -0.4 is 5.56 Å². The molecule has 1 amide bonds. The number of benzene rings is 2. The van der Waals surface area contributed by atoms with E-state index in [1.807, 2.05) is 18.2 Å². The third-order valence-corrected chi connectivity index (χ3v) is 5.99. The van der Waals surface area contributed by atoms with E-state index in [1.54, 1.807) is 41.3 Å². The highest BCUT2D eigenvalue weighted by atomic mass is 32.2. The molecule has 0 N–H and O–H groups in total. The summed E-state index contributed by atoms with van der Waals surface area (Å²) in [5.41, 5.74) is 0.489. The van der Waals surface area contributed by atoms with Crippen molar-refractivity contribution in [2.24, 2.45) is 0 Å². The summed E-state index contributed by atoms with van der Waals surface area (Å²) in [5, 5.41) is 4.92. The van der Waals surface area contributed by atoms with Gasteiger partial charge in [0.1, 0.15) is 5.25 Å². The fourth-order valence-corrected chi connectivity index (χ4v) is 4.48. The Bertz CT molecular complexity index is 1130. The summed E-state index contributed by atoms with van der Waals surface area (Å²) in [6.07, 6.45) is 0. The maximum absolute atomic E-state index is 13.4. The summed E-state index contributed by atoms with van der Waals surface area (Å²) >= 11 is 1.47. The van der Waals surface area contributed by atoms with Crippen LogP contribution >= 0.6 is 11.8 Å². The highest BCUT2D eigenvalue weighted by Crippen LogP contribution is 2.23. The first kappa shape index (κ1) is 19.2. The van der Waals surface area contributed by atoms with Crippen LogP contribution in [0.2, 0.25) is 0 Å². The molecule has 0 bridgehead atoms. The Morgan fingerprint density at radius 1 is 1.07 bits per heavy atom. The predicted molar refractivity (Wildman–Crippen MR) is 112 cm³/mol. The summed E-state index contributed by atoms with van der Waals surface area (Å²) in [6, 6.07) is 16.0. The number of methoxy groups -OCH3 is 1. The van der Waals surface area contributed by atoms with Crippen molar-refractivity contribution < 1.29 is 14.3 Å². The minimum absolute atomic E-state index is 0.194. The van der Waals surface area contributed by atoms with Crippen LogP contribution in [0.3, 0.4) is 0 Å². The number of aromatic nitrogens is 2. The third kappa shape index (κ3) is 3.63. The minimum Gasteiger partial charge on any atom is -0.468 e. The van der Waals surface area contributed by atoms with Gasteiger partial charge in [-0.05, 0) is 18.2 Å². The van der Waals surface area contributed by atoms with Crippen molar-refractivity contribution in [3.63, 3.8) is 0 Å². The van der Waals surface area contributed by atoms with E-state index >= 15 is 0 Å². The Morgan fingerprint density at radius 2 is 1.76 bits per heavy atom. The number of ether oxygens (including phenoxy) is 1. The van der Waals surface area contributed by atoms with Gasteiger partial charge in [-0.25, -0.2) is 0 Å². The van der Waals surface area contributed by atoms with Gasteiger partial charge >= 0.3 is 5.97 Å². The van der Waals surface area contributed by atoms with Crippen LogP contribution in [0.15, 0.2) is 59.4 Å². The summed E-state index contributed by atoms with van der Waals surface area (Å²) in [5.74, 6) is -0.0263. The number of carbonyl (C=O) groups excluding carboxylic acids is 2. The molecule has 0 spiro atoms. The smallest absolute Gasteiger partial charge is 0.320 e. The molecule has 2 aromatic carbocycles. The number of carbonyl (C=O) groups is 2. The highest BCUT2D eigenvalue weighted by molar-refractivity contribution is 8.00. The molecule has 1 aliphatic rings. The average molecular weight is 409 g/mol. The van der Waals surface area contributed by atoms with Gasteiger partial charge in [0, 0.05) is 24.2 Å². The van der Waals surface area contributed by atoms with Crippen LogP contribution in [0.5, 0.6) is 0 Å². The number of rotatable bonds is 3. The monoisotopic (exact) mass is 409 g/mol. The van der Waals surface area contributed by atoms with Crippen molar-refractivity contribution in [1.29, 1.82) is 0 Å². The second-order valence-electron chi connectivity index (χ2n) is 6.58. The van der Waals surface area contributed by atoms with Crippen molar-refractivity contribution >= 4 is 34.4 Å².